The maximum absolute atomic E-state index is 13.4. The van der Waals surface area contributed by atoms with Crippen LogP contribution in [-0.2, 0) is 6.54 Å². The highest BCUT2D eigenvalue weighted by atomic mass is 19.1. The molecule has 5 rings (SSSR count). The zero-order valence-electron chi connectivity index (χ0n) is 19.5. The van der Waals surface area contributed by atoms with Gasteiger partial charge in [-0.05, 0) is 79.2 Å². The molecular formula is C29H23FN4O2. The minimum absolute atomic E-state index is 0.188. The van der Waals surface area contributed by atoms with Crippen molar-refractivity contribution in [2.75, 3.05) is 5.32 Å². The topological polar surface area (TPSA) is 76.0 Å². The number of hydrogen-bond acceptors (Lipinski definition) is 3. The molecule has 2 N–H and O–H groups in total. The highest BCUT2D eigenvalue weighted by Gasteiger charge is 2.14. The third-order valence-electron chi connectivity index (χ3n) is 5.87. The lowest BCUT2D eigenvalue weighted by Crippen LogP contribution is -2.22. The van der Waals surface area contributed by atoms with Crippen LogP contribution in [0.2, 0.25) is 0 Å². The molecule has 0 aliphatic carbocycles. The molecule has 0 fully saturated rings. The molecule has 178 valence electrons. The van der Waals surface area contributed by atoms with Gasteiger partial charge in [0.05, 0.1) is 11.0 Å². The van der Waals surface area contributed by atoms with Crippen molar-refractivity contribution in [3.05, 3.63) is 125 Å². The highest BCUT2D eigenvalue weighted by Crippen LogP contribution is 2.23. The first-order chi connectivity index (χ1) is 17.5. The number of halogens is 1. The Morgan fingerprint density at radius 1 is 0.833 bits per heavy atom. The van der Waals surface area contributed by atoms with Crippen LogP contribution in [0.4, 0.5) is 10.1 Å². The van der Waals surface area contributed by atoms with Crippen molar-refractivity contribution < 1.29 is 14.0 Å². The van der Waals surface area contributed by atoms with E-state index in [4.69, 9.17) is 0 Å². The number of carbonyl (C=O) groups excluding carboxylic acids is 2. The van der Waals surface area contributed by atoms with Crippen LogP contribution in [0, 0.1) is 12.7 Å². The molecule has 0 spiro atoms. The summed E-state index contributed by atoms with van der Waals surface area (Å²) in [5.74, 6) is -0.0647. The highest BCUT2D eigenvalue weighted by molar-refractivity contribution is 6.06. The molecule has 6 nitrogen and oxygen atoms in total. The average molecular weight is 479 g/mol. The summed E-state index contributed by atoms with van der Waals surface area (Å²) in [6, 6.07) is 27.8. The number of anilines is 1. The minimum atomic E-state index is -0.319. The lowest BCUT2D eigenvalue weighted by Gasteiger charge is -2.09. The van der Waals surface area contributed by atoms with Crippen molar-refractivity contribution in [2.45, 2.75) is 13.5 Å². The second-order valence-corrected chi connectivity index (χ2v) is 8.37. The predicted molar refractivity (Wildman–Crippen MR) is 138 cm³/mol. The Morgan fingerprint density at radius 3 is 2.25 bits per heavy atom. The van der Waals surface area contributed by atoms with E-state index >= 15 is 0 Å². The molecule has 0 saturated heterocycles. The van der Waals surface area contributed by atoms with Crippen LogP contribution < -0.4 is 10.6 Å². The van der Waals surface area contributed by atoms with Crippen LogP contribution in [0.1, 0.15) is 32.1 Å². The fourth-order valence-electron chi connectivity index (χ4n) is 4.04. The monoisotopic (exact) mass is 478 g/mol. The molecule has 2 amide bonds. The Kier molecular flexibility index (Phi) is 6.28. The van der Waals surface area contributed by atoms with E-state index in [1.165, 1.54) is 12.1 Å². The zero-order chi connectivity index (χ0) is 25.1. The van der Waals surface area contributed by atoms with E-state index in [0.717, 1.165) is 28.1 Å². The summed E-state index contributed by atoms with van der Waals surface area (Å²) in [7, 11) is 0. The van der Waals surface area contributed by atoms with Gasteiger partial charge in [0.2, 0.25) is 0 Å². The van der Waals surface area contributed by atoms with Crippen molar-refractivity contribution in [1.82, 2.24) is 14.9 Å². The normalized spacial score (nSPS) is 10.8. The van der Waals surface area contributed by atoms with Crippen molar-refractivity contribution in [3.63, 3.8) is 0 Å². The fraction of sp³-hybridized carbons (Fsp3) is 0.0690. The van der Waals surface area contributed by atoms with E-state index in [0.29, 0.717) is 23.4 Å². The van der Waals surface area contributed by atoms with Crippen LogP contribution in [0.3, 0.4) is 0 Å². The Bertz CT molecular complexity index is 1540. The molecule has 0 atom stereocenters. The SMILES string of the molecule is Cc1nc2ccc(C(=O)Nc3ccc(C(=O)NCc4ccccc4)cc3)cc2n1-c1ccc(F)cc1. The number of aromatic nitrogens is 2. The first-order valence-electron chi connectivity index (χ1n) is 11.5. The van der Waals surface area contributed by atoms with Gasteiger partial charge in [0.25, 0.3) is 11.8 Å². The summed E-state index contributed by atoms with van der Waals surface area (Å²) in [6.07, 6.45) is 0. The predicted octanol–water partition coefficient (Wildman–Crippen LogP) is 5.66. The fourth-order valence-corrected chi connectivity index (χ4v) is 4.04. The van der Waals surface area contributed by atoms with Gasteiger partial charge in [0, 0.05) is 29.0 Å². The van der Waals surface area contributed by atoms with Crippen LogP contribution >= 0.6 is 0 Å². The van der Waals surface area contributed by atoms with Gasteiger partial charge in [-0.2, -0.15) is 0 Å². The summed E-state index contributed by atoms with van der Waals surface area (Å²) in [4.78, 5) is 30.0. The van der Waals surface area contributed by atoms with Gasteiger partial charge in [0.1, 0.15) is 11.6 Å². The smallest absolute Gasteiger partial charge is 0.255 e. The second-order valence-electron chi connectivity index (χ2n) is 8.37. The summed E-state index contributed by atoms with van der Waals surface area (Å²) in [5.41, 5.74) is 4.79. The molecule has 0 aliphatic rings. The molecule has 0 bridgehead atoms. The zero-order valence-corrected chi connectivity index (χ0v) is 19.5. The Balaban J connectivity index is 1.30. The number of aryl methyl sites for hydroxylation is 1. The minimum Gasteiger partial charge on any atom is -0.348 e. The van der Waals surface area contributed by atoms with Gasteiger partial charge in [0.15, 0.2) is 0 Å². The molecule has 36 heavy (non-hydrogen) atoms. The van der Waals surface area contributed by atoms with E-state index in [1.54, 1.807) is 54.6 Å². The van der Waals surface area contributed by atoms with Gasteiger partial charge >= 0.3 is 0 Å². The lowest BCUT2D eigenvalue weighted by molar-refractivity contribution is 0.0950. The number of hydrogen-bond donors (Lipinski definition) is 2. The maximum atomic E-state index is 13.4. The number of nitrogens with one attached hydrogen (secondary N) is 2. The summed E-state index contributed by atoms with van der Waals surface area (Å²) in [5, 5.41) is 5.76. The molecule has 5 aromatic rings. The van der Waals surface area contributed by atoms with Crippen LogP contribution in [0.25, 0.3) is 16.7 Å². The number of nitrogens with zero attached hydrogens (tertiary/aromatic N) is 2. The third-order valence-corrected chi connectivity index (χ3v) is 5.87. The number of rotatable bonds is 6. The number of benzene rings is 4. The van der Waals surface area contributed by atoms with Crippen molar-refractivity contribution >= 4 is 28.5 Å². The molecular weight excluding hydrogens is 455 g/mol. The largest absolute Gasteiger partial charge is 0.348 e. The Morgan fingerprint density at radius 2 is 1.53 bits per heavy atom. The molecule has 7 heteroatoms. The summed E-state index contributed by atoms with van der Waals surface area (Å²) < 4.78 is 15.3. The van der Waals surface area contributed by atoms with Crippen LogP contribution in [0.15, 0.2) is 97.1 Å². The average Bonchev–Trinajstić information content (AvgIpc) is 3.23. The summed E-state index contributed by atoms with van der Waals surface area (Å²) in [6.45, 7) is 2.30. The standard InChI is InChI=1S/C29H23FN4O2/c1-19-32-26-16-9-22(17-27(26)34(19)25-14-10-23(30)11-15-25)29(36)33-24-12-7-21(8-13-24)28(35)31-18-20-5-3-2-4-6-20/h2-17H,18H2,1H3,(H,31,35)(H,33,36). The molecule has 0 saturated carbocycles. The number of imidazole rings is 1. The third kappa shape index (κ3) is 4.86. The second kappa shape index (κ2) is 9.84. The maximum Gasteiger partial charge on any atom is 0.255 e. The molecule has 1 heterocycles. The molecule has 1 aromatic heterocycles. The first kappa shape index (κ1) is 23.0. The molecule has 0 aliphatic heterocycles. The Labute approximate surface area is 207 Å². The van der Waals surface area contributed by atoms with E-state index < -0.39 is 0 Å². The van der Waals surface area contributed by atoms with Gasteiger partial charge in [-0.15, -0.1) is 0 Å². The number of carbonyl (C=O) groups is 2. The van der Waals surface area contributed by atoms with Crippen molar-refractivity contribution in [2.24, 2.45) is 0 Å². The van der Waals surface area contributed by atoms with Crippen molar-refractivity contribution in [3.8, 4) is 5.69 Å². The summed E-state index contributed by atoms with van der Waals surface area (Å²) >= 11 is 0. The van der Waals surface area contributed by atoms with E-state index in [-0.39, 0.29) is 17.6 Å². The number of fused-ring (bicyclic) bond motifs is 1. The van der Waals surface area contributed by atoms with E-state index in [1.807, 2.05) is 41.8 Å². The van der Waals surface area contributed by atoms with Crippen LogP contribution in [0.5, 0.6) is 0 Å². The lowest BCUT2D eigenvalue weighted by atomic mass is 10.1. The quantitative estimate of drug-likeness (QED) is 0.331. The number of amides is 2. The van der Waals surface area contributed by atoms with Gasteiger partial charge in [-0.1, -0.05) is 30.3 Å². The molecule has 4 aromatic carbocycles. The first-order valence-corrected chi connectivity index (χ1v) is 11.5. The molecule has 0 radical (unpaired) electrons. The van der Waals surface area contributed by atoms with Gasteiger partial charge < -0.3 is 10.6 Å². The Hall–Kier alpha value is -4.78. The van der Waals surface area contributed by atoms with Crippen LogP contribution in [-0.4, -0.2) is 21.4 Å². The van der Waals surface area contributed by atoms with Gasteiger partial charge in [-0.25, -0.2) is 9.37 Å². The molecule has 0 unspecified atom stereocenters. The van der Waals surface area contributed by atoms with E-state index in [2.05, 4.69) is 15.6 Å². The van der Waals surface area contributed by atoms with Gasteiger partial charge in [-0.3, -0.25) is 14.2 Å². The van der Waals surface area contributed by atoms with E-state index in [9.17, 15) is 14.0 Å². The van der Waals surface area contributed by atoms with Crippen molar-refractivity contribution in [1.29, 1.82) is 0 Å².